The summed E-state index contributed by atoms with van der Waals surface area (Å²) < 4.78 is 18.3. The third-order valence-electron chi connectivity index (χ3n) is 4.05. The Morgan fingerprint density at radius 3 is 2.64 bits per heavy atom. The average Bonchev–Trinajstić information content (AvgIpc) is 2.66. The zero-order chi connectivity index (χ0) is 20.3. The minimum absolute atomic E-state index is 0.189. The number of nitrogens with zero attached hydrogens (tertiary/aromatic N) is 3. The van der Waals surface area contributed by atoms with Gasteiger partial charge in [-0.2, -0.15) is 0 Å². The molecule has 0 saturated carbocycles. The van der Waals surface area contributed by atoms with Crippen LogP contribution < -0.4 is 21.1 Å². The van der Waals surface area contributed by atoms with Gasteiger partial charge in [-0.1, -0.05) is 11.6 Å². The Hall–Kier alpha value is -3.13. The highest BCUT2D eigenvalue weighted by Gasteiger charge is 2.14. The summed E-state index contributed by atoms with van der Waals surface area (Å²) in [6.45, 7) is 3.80. The molecule has 0 unspecified atom stereocenters. The second kappa shape index (κ2) is 8.26. The number of halogens is 2. The molecular formula is C19H20ClFN6O. The van der Waals surface area contributed by atoms with Crippen LogP contribution in [0.25, 0.3) is 0 Å². The maximum absolute atomic E-state index is 13.1. The van der Waals surface area contributed by atoms with Crippen LogP contribution in [0, 0.1) is 12.7 Å². The van der Waals surface area contributed by atoms with Crippen LogP contribution in [0.4, 0.5) is 27.4 Å². The summed E-state index contributed by atoms with van der Waals surface area (Å²) in [4.78, 5) is 12.8. The molecule has 0 aliphatic carbocycles. The Bertz CT molecular complexity index is 983. The number of hydrogen-bond acceptors (Lipinski definition) is 7. The second-order valence-electron chi connectivity index (χ2n) is 6.19. The number of nitrogen functional groups attached to an aromatic ring is 1. The van der Waals surface area contributed by atoms with E-state index in [0.717, 1.165) is 5.56 Å². The molecule has 3 aromatic rings. The van der Waals surface area contributed by atoms with Gasteiger partial charge in [0.2, 0.25) is 5.88 Å². The van der Waals surface area contributed by atoms with E-state index < -0.39 is 0 Å². The van der Waals surface area contributed by atoms with E-state index in [2.05, 4.69) is 25.6 Å². The van der Waals surface area contributed by atoms with Crippen molar-refractivity contribution in [3.63, 3.8) is 0 Å². The molecule has 3 heterocycles. The monoisotopic (exact) mass is 402 g/mol. The van der Waals surface area contributed by atoms with Crippen molar-refractivity contribution >= 4 is 34.6 Å². The highest BCUT2D eigenvalue weighted by molar-refractivity contribution is 6.30. The van der Waals surface area contributed by atoms with Crippen molar-refractivity contribution in [3.8, 4) is 5.88 Å². The SMILES string of the molecule is COc1ncc(Cl)cc1Nc1nc(N[C@@H](C)c2ccc(F)cn2)c(C)cc1N. The standard InChI is InChI=1S/C19H20ClFN6O/c1-10-6-14(22)18(26-16-7-12(20)8-24-19(16)28-3)27-17(10)25-11(2)15-5-4-13(21)9-23-15/h4-9,11H,22H2,1-3H3,(H2,25,26,27)/t11-/m0/s1. The Morgan fingerprint density at radius 1 is 1.18 bits per heavy atom. The minimum Gasteiger partial charge on any atom is -0.480 e. The summed E-state index contributed by atoms with van der Waals surface area (Å²) in [5.41, 5.74) is 8.66. The van der Waals surface area contributed by atoms with E-state index in [4.69, 9.17) is 22.1 Å². The van der Waals surface area contributed by atoms with Crippen molar-refractivity contribution in [2.45, 2.75) is 19.9 Å². The normalized spacial score (nSPS) is 11.8. The van der Waals surface area contributed by atoms with Crippen LogP contribution in [-0.2, 0) is 0 Å². The molecule has 7 nitrogen and oxygen atoms in total. The fourth-order valence-electron chi connectivity index (χ4n) is 2.61. The number of ether oxygens (including phenoxy) is 1. The van der Waals surface area contributed by atoms with Crippen LogP contribution in [0.15, 0.2) is 36.7 Å². The fourth-order valence-corrected chi connectivity index (χ4v) is 2.77. The van der Waals surface area contributed by atoms with Gasteiger partial charge in [0, 0.05) is 6.20 Å². The third-order valence-corrected chi connectivity index (χ3v) is 4.26. The number of aryl methyl sites for hydroxylation is 1. The van der Waals surface area contributed by atoms with Crippen LogP contribution in [0.5, 0.6) is 5.88 Å². The molecular weight excluding hydrogens is 383 g/mol. The number of nitrogens with two attached hydrogens (primary N) is 1. The van der Waals surface area contributed by atoms with E-state index in [1.807, 2.05) is 13.8 Å². The van der Waals surface area contributed by atoms with Gasteiger partial charge in [0.25, 0.3) is 0 Å². The Kier molecular flexibility index (Phi) is 5.79. The largest absolute Gasteiger partial charge is 0.480 e. The number of anilines is 4. The van der Waals surface area contributed by atoms with E-state index in [1.165, 1.54) is 25.6 Å². The summed E-state index contributed by atoms with van der Waals surface area (Å²) in [7, 11) is 1.51. The molecule has 28 heavy (non-hydrogen) atoms. The average molecular weight is 403 g/mol. The predicted octanol–water partition coefficient (Wildman–Crippen LogP) is 4.48. The summed E-state index contributed by atoms with van der Waals surface area (Å²) in [5.74, 6) is 1.02. The predicted molar refractivity (Wildman–Crippen MR) is 109 cm³/mol. The number of nitrogens with one attached hydrogen (secondary N) is 2. The number of hydrogen-bond donors (Lipinski definition) is 3. The van der Waals surface area contributed by atoms with Crippen molar-refractivity contribution in [1.29, 1.82) is 0 Å². The van der Waals surface area contributed by atoms with Gasteiger partial charge in [0.05, 0.1) is 35.8 Å². The second-order valence-corrected chi connectivity index (χ2v) is 6.63. The molecule has 0 spiro atoms. The third kappa shape index (κ3) is 4.40. The molecule has 0 bridgehead atoms. The molecule has 0 saturated heterocycles. The number of methoxy groups -OCH3 is 1. The van der Waals surface area contributed by atoms with Crippen LogP contribution >= 0.6 is 11.6 Å². The molecule has 0 aliphatic heterocycles. The van der Waals surface area contributed by atoms with Gasteiger partial charge in [-0.3, -0.25) is 4.98 Å². The van der Waals surface area contributed by atoms with E-state index in [9.17, 15) is 4.39 Å². The van der Waals surface area contributed by atoms with Gasteiger partial charge in [0.15, 0.2) is 5.82 Å². The first kappa shape index (κ1) is 19.6. The van der Waals surface area contributed by atoms with Crippen LogP contribution in [-0.4, -0.2) is 22.1 Å². The lowest BCUT2D eigenvalue weighted by Crippen LogP contribution is -2.12. The van der Waals surface area contributed by atoms with Crippen molar-refractivity contribution in [2.75, 3.05) is 23.5 Å². The number of rotatable bonds is 6. The lowest BCUT2D eigenvalue weighted by Gasteiger charge is -2.18. The molecule has 146 valence electrons. The van der Waals surface area contributed by atoms with Crippen molar-refractivity contribution in [3.05, 3.63) is 58.8 Å². The first-order chi connectivity index (χ1) is 13.4. The highest BCUT2D eigenvalue weighted by atomic mass is 35.5. The molecule has 4 N–H and O–H groups in total. The lowest BCUT2D eigenvalue weighted by molar-refractivity contribution is 0.400. The fraction of sp³-hybridized carbons (Fsp3) is 0.211. The van der Waals surface area contributed by atoms with Gasteiger partial charge in [-0.05, 0) is 43.7 Å². The zero-order valence-corrected chi connectivity index (χ0v) is 16.4. The molecule has 3 aromatic heterocycles. The van der Waals surface area contributed by atoms with Gasteiger partial charge in [-0.15, -0.1) is 0 Å². The van der Waals surface area contributed by atoms with Gasteiger partial charge >= 0.3 is 0 Å². The van der Waals surface area contributed by atoms with Gasteiger partial charge in [-0.25, -0.2) is 14.4 Å². The topological polar surface area (TPSA) is 98.0 Å². The van der Waals surface area contributed by atoms with Crippen LogP contribution in [0.3, 0.4) is 0 Å². The summed E-state index contributed by atoms with van der Waals surface area (Å²) in [5, 5.41) is 6.83. The van der Waals surface area contributed by atoms with Crippen molar-refractivity contribution in [1.82, 2.24) is 15.0 Å². The molecule has 0 aromatic carbocycles. The van der Waals surface area contributed by atoms with Crippen LogP contribution in [0.1, 0.15) is 24.2 Å². The summed E-state index contributed by atoms with van der Waals surface area (Å²) >= 11 is 6.03. The van der Waals surface area contributed by atoms with Crippen molar-refractivity contribution in [2.24, 2.45) is 0 Å². The molecule has 1 atom stereocenters. The summed E-state index contributed by atoms with van der Waals surface area (Å²) in [6.07, 6.45) is 2.67. The maximum Gasteiger partial charge on any atom is 0.237 e. The molecule has 0 amide bonds. The number of aromatic nitrogens is 3. The molecule has 9 heteroatoms. The van der Waals surface area contributed by atoms with E-state index in [-0.39, 0.29) is 11.9 Å². The van der Waals surface area contributed by atoms with E-state index >= 15 is 0 Å². The minimum atomic E-state index is -0.381. The molecule has 0 radical (unpaired) electrons. The quantitative estimate of drug-likeness (QED) is 0.559. The maximum atomic E-state index is 13.1. The molecule has 3 rings (SSSR count). The van der Waals surface area contributed by atoms with Crippen molar-refractivity contribution < 1.29 is 9.13 Å². The van der Waals surface area contributed by atoms with E-state index in [1.54, 1.807) is 18.2 Å². The van der Waals surface area contributed by atoms with Gasteiger partial charge in [0.1, 0.15) is 17.3 Å². The molecule has 0 aliphatic rings. The Balaban J connectivity index is 1.88. The van der Waals surface area contributed by atoms with Crippen LogP contribution in [0.2, 0.25) is 5.02 Å². The zero-order valence-electron chi connectivity index (χ0n) is 15.6. The lowest BCUT2D eigenvalue weighted by atomic mass is 10.2. The van der Waals surface area contributed by atoms with Gasteiger partial charge < -0.3 is 21.1 Å². The smallest absolute Gasteiger partial charge is 0.237 e. The first-order valence-corrected chi connectivity index (χ1v) is 8.87. The first-order valence-electron chi connectivity index (χ1n) is 8.49. The molecule has 0 fully saturated rings. The summed E-state index contributed by atoms with van der Waals surface area (Å²) in [6, 6.07) is 6.28. The Morgan fingerprint density at radius 2 is 1.96 bits per heavy atom. The van der Waals surface area contributed by atoms with E-state index in [0.29, 0.717) is 39.6 Å². The Labute approximate surface area is 167 Å². The number of pyridine rings is 3. The highest BCUT2D eigenvalue weighted by Crippen LogP contribution is 2.32.